The first kappa shape index (κ1) is 43.3. The molecule has 3 aromatic carbocycles. The minimum atomic E-state index is -0.630. The summed E-state index contributed by atoms with van der Waals surface area (Å²) >= 11 is 1.48. The molecule has 10 rings (SSSR count). The number of piperazine rings is 2. The van der Waals surface area contributed by atoms with E-state index in [0.29, 0.717) is 54.9 Å². The molecule has 8 N–H and O–H groups in total. The molecule has 4 atom stereocenters. The summed E-state index contributed by atoms with van der Waals surface area (Å²) in [5.74, 6) is 0.380. The van der Waals surface area contributed by atoms with Crippen LogP contribution in [0.2, 0.25) is 0 Å². The summed E-state index contributed by atoms with van der Waals surface area (Å²) in [6.07, 6.45) is 12.5. The zero-order valence-electron chi connectivity index (χ0n) is 36.0. The van der Waals surface area contributed by atoms with Crippen LogP contribution >= 0.6 is 11.8 Å². The van der Waals surface area contributed by atoms with Gasteiger partial charge in [-0.25, -0.2) is 20.1 Å². The van der Waals surface area contributed by atoms with Gasteiger partial charge in [0.2, 0.25) is 12.3 Å². The number of hydrogen-bond donors (Lipinski definition) is 7. The maximum Gasteiger partial charge on any atom is 0.257 e. The number of aromatic nitrogens is 2. The van der Waals surface area contributed by atoms with Crippen LogP contribution in [-0.4, -0.2) is 119 Å². The average Bonchev–Trinajstić information content (AvgIpc) is 3.92. The molecule has 1 aromatic heterocycles. The van der Waals surface area contributed by atoms with Crippen molar-refractivity contribution in [1.82, 2.24) is 51.6 Å². The highest BCUT2D eigenvalue weighted by atomic mass is 32.2. The van der Waals surface area contributed by atoms with E-state index in [0.717, 1.165) is 60.1 Å². The number of nitrogens with zero attached hydrogens (tertiary/aromatic N) is 6. The number of carbonyl (C=O) groups is 3. The molecule has 4 unspecified atom stereocenters. The minimum absolute atomic E-state index is 0.0608. The zero-order valence-corrected chi connectivity index (χ0v) is 36.9. The highest BCUT2D eigenvalue weighted by Crippen LogP contribution is 2.31. The Hall–Kier alpha value is -5.58. The quantitative estimate of drug-likeness (QED) is 0.115. The summed E-state index contributed by atoms with van der Waals surface area (Å²) in [4.78, 5) is 68.4. The number of rotatable bonds is 11. The number of nitrogens with one attached hydrogen (secondary N) is 6. The Morgan fingerprint density at radius 2 is 1.74 bits per heavy atom. The molecule has 65 heavy (non-hydrogen) atoms. The third kappa shape index (κ3) is 9.85. The van der Waals surface area contributed by atoms with Crippen LogP contribution < -0.4 is 42.9 Å². The first-order valence-corrected chi connectivity index (χ1v) is 22.8. The Morgan fingerprint density at radius 3 is 2.51 bits per heavy atom. The zero-order chi connectivity index (χ0) is 44.5. The average molecular weight is 900 g/mol. The predicted molar refractivity (Wildman–Crippen MR) is 244 cm³/mol. The maximum atomic E-state index is 13.5. The van der Waals surface area contributed by atoms with Gasteiger partial charge >= 0.3 is 0 Å². The molecular formula is C46H53N13O5S. The van der Waals surface area contributed by atoms with Crippen molar-refractivity contribution >= 4 is 41.0 Å². The predicted octanol–water partition coefficient (Wildman–Crippen LogP) is 1.99. The second-order valence-corrected chi connectivity index (χ2v) is 18.5. The van der Waals surface area contributed by atoms with Gasteiger partial charge in [-0.15, -0.1) is 0 Å². The van der Waals surface area contributed by atoms with Crippen LogP contribution in [0.25, 0.3) is 0 Å². The largest absolute Gasteiger partial charge is 0.351 e. The van der Waals surface area contributed by atoms with E-state index >= 15 is 0 Å². The van der Waals surface area contributed by atoms with E-state index in [4.69, 9.17) is 15.4 Å². The third-order valence-corrected chi connectivity index (χ3v) is 13.7. The van der Waals surface area contributed by atoms with E-state index in [-0.39, 0.29) is 36.7 Å². The fourth-order valence-electron chi connectivity index (χ4n) is 9.15. The third-order valence-electron chi connectivity index (χ3n) is 12.8. The van der Waals surface area contributed by atoms with Crippen molar-refractivity contribution < 1.29 is 24.1 Å². The van der Waals surface area contributed by atoms with Crippen LogP contribution in [0.5, 0.6) is 0 Å². The number of benzene rings is 3. The molecule has 5 aliphatic heterocycles. The normalized spacial score (nSPS) is 24.2. The molecule has 19 heteroatoms. The molecule has 4 aromatic rings. The first-order valence-electron chi connectivity index (χ1n) is 22.0. The van der Waals surface area contributed by atoms with Crippen molar-refractivity contribution in [3.05, 3.63) is 131 Å². The Labute approximate surface area is 381 Å². The van der Waals surface area contributed by atoms with Crippen molar-refractivity contribution in [3.63, 3.8) is 0 Å². The summed E-state index contributed by atoms with van der Waals surface area (Å²) in [6, 6.07) is 19.6. The molecule has 0 radical (unpaired) electrons. The van der Waals surface area contributed by atoms with Crippen LogP contribution in [0.15, 0.2) is 108 Å². The molecule has 3 saturated heterocycles. The van der Waals surface area contributed by atoms with E-state index in [2.05, 4.69) is 64.1 Å². The van der Waals surface area contributed by atoms with Gasteiger partial charge in [0.1, 0.15) is 11.8 Å². The SMILES string of the molecule is CC1(N)C=CN(c2cnc(Sc3cccc(NC(=O)c4ccc5c(c4)CC(N4CCN(C6CNC(C(=O)NCc7ccc8c(c7)CN(C7NCONO7)C8=O)CN6)CC4)C5)c3)cn2)C=C1. The number of fused-ring (bicyclic) bond motifs is 2. The van der Waals surface area contributed by atoms with Crippen molar-refractivity contribution in [2.75, 3.05) is 56.2 Å². The molecule has 338 valence electrons. The highest BCUT2D eigenvalue weighted by Gasteiger charge is 2.36. The molecule has 1 aliphatic carbocycles. The van der Waals surface area contributed by atoms with Gasteiger partial charge in [0.25, 0.3) is 11.8 Å². The van der Waals surface area contributed by atoms with Gasteiger partial charge in [-0.3, -0.25) is 39.2 Å². The van der Waals surface area contributed by atoms with E-state index in [1.807, 2.05) is 84.9 Å². The van der Waals surface area contributed by atoms with Gasteiger partial charge in [0.05, 0.1) is 36.7 Å². The van der Waals surface area contributed by atoms with Crippen LogP contribution in [0.4, 0.5) is 11.5 Å². The Kier molecular flexibility index (Phi) is 12.5. The van der Waals surface area contributed by atoms with Crippen LogP contribution in [0.1, 0.15) is 49.9 Å². The molecule has 3 amide bonds. The maximum absolute atomic E-state index is 13.5. The van der Waals surface area contributed by atoms with E-state index in [1.165, 1.54) is 22.9 Å². The smallest absolute Gasteiger partial charge is 0.257 e. The molecule has 0 saturated carbocycles. The molecular weight excluding hydrogens is 847 g/mol. The summed E-state index contributed by atoms with van der Waals surface area (Å²) < 4.78 is 0. The van der Waals surface area contributed by atoms with Gasteiger partial charge < -0.3 is 26.6 Å². The summed E-state index contributed by atoms with van der Waals surface area (Å²) in [6.45, 7) is 7.89. The second-order valence-electron chi connectivity index (χ2n) is 17.4. The van der Waals surface area contributed by atoms with Gasteiger partial charge in [-0.2, -0.15) is 0 Å². The fraction of sp³-hybridized carbons (Fsp3) is 0.370. The number of carbonyl (C=O) groups excluding carboxylic acids is 3. The Bertz CT molecular complexity index is 2470. The molecule has 3 fully saturated rings. The van der Waals surface area contributed by atoms with Crippen molar-refractivity contribution in [1.29, 1.82) is 0 Å². The molecule has 0 bridgehead atoms. The van der Waals surface area contributed by atoms with Crippen molar-refractivity contribution in [2.24, 2.45) is 5.73 Å². The van der Waals surface area contributed by atoms with E-state index < -0.39 is 11.9 Å². The molecule has 6 heterocycles. The minimum Gasteiger partial charge on any atom is -0.351 e. The van der Waals surface area contributed by atoms with Gasteiger partial charge in [0.15, 0.2) is 5.82 Å². The summed E-state index contributed by atoms with van der Waals surface area (Å²) in [5.41, 5.74) is 14.4. The first-order chi connectivity index (χ1) is 31.6. The van der Waals surface area contributed by atoms with E-state index in [1.54, 1.807) is 17.3 Å². The van der Waals surface area contributed by atoms with Gasteiger partial charge in [-0.1, -0.05) is 41.7 Å². The summed E-state index contributed by atoms with van der Waals surface area (Å²) in [7, 11) is 0. The summed E-state index contributed by atoms with van der Waals surface area (Å²) in [5, 5.41) is 17.0. The van der Waals surface area contributed by atoms with E-state index in [9.17, 15) is 14.4 Å². The second kappa shape index (κ2) is 18.7. The standard InChI is InChI=1S/C46H53N13O5S/c1-46(47)9-11-57(12-10-46)40-25-51-41(26-50-40)65-36-4-2-3-34(21-36)54-42(60)31-7-6-30-19-35(20-32(30)18-31)56-13-15-58(16-14-56)39-24-48-38(23-49-39)43(61)52-22-29-5-8-37-33(17-29)27-59(44(37)62)45-53-28-63-55-64-45/h2-12,17-18,21,25-26,35,38-39,45,48-49,53,55H,13-16,19-20,22-24,27-28,47H2,1H3,(H,52,61)(H,54,60). The lowest BCUT2D eigenvalue weighted by Gasteiger charge is -2.44. The van der Waals surface area contributed by atoms with Crippen LogP contribution in [-0.2, 0) is 40.4 Å². The number of nitrogens with two attached hydrogens (primary N) is 1. The highest BCUT2D eigenvalue weighted by molar-refractivity contribution is 7.99. The lowest BCUT2D eigenvalue weighted by molar-refractivity contribution is -0.281. The molecule has 6 aliphatic rings. The lowest BCUT2D eigenvalue weighted by Crippen LogP contribution is -2.66. The Morgan fingerprint density at radius 1 is 0.908 bits per heavy atom. The van der Waals surface area contributed by atoms with Crippen LogP contribution in [0.3, 0.4) is 0 Å². The van der Waals surface area contributed by atoms with Gasteiger partial charge in [0, 0.05) is 86.0 Å². The molecule has 0 spiro atoms. The lowest BCUT2D eigenvalue weighted by atomic mass is 10.0. The van der Waals surface area contributed by atoms with Crippen LogP contribution in [0, 0.1) is 0 Å². The van der Waals surface area contributed by atoms with Gasteiger partial charge in [-0.05, 0) is 90.6 Å². The Balaban J connectivity index is 0.650. The fourth-order valence-corrected chi connectivity index (χ4v) is 9.93. The number of hydrogen-bond acceptors (Lipinski definition) is 16. The number of anilines is 2. The topological polar surface area (TPSA) is 207 Å². The molecule has 18 nitrogen and oxygen atoms in total. The van der Waals surface area contributed by atoms with Crippen molar-refractivity contribution in [3.8, 4) is 0 Å². The van der Waals surface area contributed by atoms with Crippen molar-refractivity contribution in [2.45, 2.75) is 72.9 Å². The number of amides is 3. The monoisotopic (exact) mass is 899 g/mol.